The normalized spacial score (nSPS) is 14.9. The molecular weight excluding hydrogens is 358 g/mol. The first-order valence-electron chi connectivity index (χ1n) is 8.96. The van der Waals surface area contributed by atoms with E-state index in [2.05, 4.69) is 49.4 Å². The van der Waals surface area contributed by atoms with Gasteiger partial charge in [-0.1, -0.05) is 36.4 Å². The number of nitrogens with one attached hydrogen (secondary N) is 1. The summed E-state index contributed by atoms with van der Waals surface area (Å²) < 4.78 is 0. The van der Waals surface area contributed by atoms with Crippen LogP contribution in [0.4, 0.5) is 11.6 Å². The molecule has 1 aliphatic heterocycles. The zero-order chi connectivity index (χ0) is 18.5. The number of amides is 1. The highest BCUT2D eigenvalue weighted by atomic mass is 32.1. The minimum Gasteiger partial charge on any atom is -0.354 e. The maximum Gasteiger partial charge on any atom is 0.266 e. The Balaban J connectivity index is 1.35. The van der Waals surface area contributed by atoms with Gasteiger partial charge in [0.1, 0.15) is 18.0 Å². The van der Waals surface area contributed by atoms with Crippen LogP contribution in [0.2, 0.25) is 0 Å². The first-order chi connectivity index (χ1) is 13.3. The molecule has 0 radical (unpaired) electrons. The molecule has 3 heterocycles. The molecule has 4 rings (SSSR count). The van der Waals surface area contributed by atoms with E-state index in [9.17, 15) is 4.79 Å². The zero-order valence-electron chi connectivity index (χ0n) is 14.9. The van der Waals surface area contributed by atoms with E-state index < -0.39 is 0 Å². The molecule has 0 aliphatic carbocycles. The number of carbonyl (C=O) groups is 1. The largest absolute Gasteiger partial charge is 0.354 e. The van der Waals surface area contributed by atoms with Crippen LogP contribution in [0, 0.1) is 0 Å². The average molecular weight is 379 g/mol. The monoisotopic (exact) mass is 379 g/mol. The van der Waals surface area contributed by atoms with Gasteiger partial charge in [0, 0.05) is 38.8 Å². The van der Waals surface area contributed by atoms with Crippen molar-refractivity contribution < 1.29 is 4.79 Å². The predicted octanol–water partition coefficient (Wildman–Crippen LogP) is 3.11. The van der Waals surface area contributed by atoms with Crippen molar-refractivity contribution in [2.45, 2.75) is 6.54 Å². The van der Waals surface area contributed by atoms with Gasteiger partial charge in [0.05, 0.1) is 4.88 Å². The Morgan fingerprint density at radius 1 is 1.04 bits per heavy atom. The minimum atomic E-state index is -0.137. The molecule has 1 fully saturated rings. The van der Waals surface area contributed by atoms with Crippen LogP contribution in [0.25, 0.3) is 0 Å². The van der Waals surface area contributed by atoms with Gasteiger partial charge in [-0.2, -0.15) is 0 Å². The molecule has 0 bridgehead atoms. The fraction of sp³-hybridized carbons (Fsp3) is 0.250. The molecule has 0 spiro atoms. The summed E-state index contributed by atoms with van der Waals surface area (Å²) in [5.74, 6) is 1.25. The number of hydrogen-bond acceptors (Lipinski definition) is 6. The van der Waals surface area contributed by atoms with Gasteiger partial charge in [-0.3, -0.25) is 9.69 Å². The quantitative estimate of drug-likeness (QED) is 0.738. The SMILES string of the molecule is O=C(Nc1cc(N2CCN(Cc3ccccc3)CC2)ncn1)c1cccs1. The van der Waals surface area contributed by atoms with Gasteiger partial charge in [-0.05, 0) is 17.0 Å². The molecule has 1 N–H and O–H groups in total. The fourth-order valence-corrected chi connectivity index (χ4v) is 3.77. The summed E-state index contributed by atoms with van der Waals surface area (Å²) in [6, 6.07) is 16.0. The van der Waals surface area contributed by atoms with Crippen LogP contribution in [-0.2, 0) is 6.54 Å². The van der Waals surface area contributed by atoms with Gasteiger partial charge < -0.3 is 10.2 Å². The van der Waals surface area contributed by atoms with Crippen molar-refractivity contribution in [2.24, 2.45) is 0 Å². The van der Waals surface area contributed by atoms with Crippen molar-refractivity contribution in [2.75, 3.05) is 36.4 Å². The number of benzene rings is 1. The lowest BCUT2D eigenvalue weighted by Crippen LogP contribution is -2.46. The zero-order valence-corrected chi connectivity index (χ0v) is 15.7. The topological polar surface area (TPSA) is 61.4 Å². The molecule has 138 valence electrons. The van der Waals surface area contributed by atoms with Crippen LogP contribution in [-0.4, -0.2) is 47.0 Å². The van der Waals surface area contributed by atoms with Crippen molar-refractivity contribution >= 4 is 28.9 Å². The summed E-state index contributed by atoms with van der Waals surface area (Å²) in [4.78, 5) is 26.1. The van der Waals surface area contributed by atoms with E-state index in [0.29, 0.717) is 10.7 Å². The van der Waals surface area contributed by atoms with Crippen LogP contribution in [0.3, 0.4) is 0 Å². The Kier molecular flexibility index (Phi) is 5.41. The van der Waals surface area contributed by atoms with E-state index >= 15 is 0 Å². The maximum atomic E-state index is 12.2. The number of carbonyl (C=O) groups excluding carboxylic acids is 1. The third-order valence-corrected chi connectivity index (χ3v) is 5.45. The highest BCUT2D eigenvalue weighted by Crippen LogP contribution is 2.18. The second-order valence-electron chi connectivity index (χ2n) is 6.44. The van der Waals surface area contributed by atoms with Crippen molar-refractivity contribution in [3.05, 3.63) is 70.7 Å². The Bertz CT molecular complexity index is 876. The second kappa shape index (κ2) is 8.28. The Labute approximate surface area is 162 Å². The summed E-state index contributed by atoms with van der Waals surface area (Å²) in [6.45, 7) is 4.75. The van der Waals surface area contributed by atoms with Crippen LogP contribution in [0.5, 0.6) is 0 Å². The Hall–Kier alpha value is -2.77. The maximum absolute atomic E-state index is 12.2. The van der Waals surface area contributed by atoms with Crippen molar-refractivity contribution in [3.63, 3.8) is 0 Å². The third kappa shape index (κ3) is 4.50. The van der Waals surface area contributed by atoms with E-state index in [1.165, 1.54) is 23.2 Å². The number of rotatable bonds is 5. The molecule has 0 unspecified atom stereocenters. The van der Waals surface area contributed by atoms with E-state index in [4.69, 9.17) is 0 Å². The van der Waals surface area contributed by atoms with Gasteiger partial charge in [0.2, 0.25) is 0 Å². The van der Waals surface area contributed by atoms with E-state index in [1.54, 1.807) is 6.07 Å². The average Bonchev–Trinajstić information content (AvgIpc) is 3.25. The van der Waals surface area contributed by atoms with E-state index in [1.807, 2.05) is 23.6 Å². The molecule has 0 saturated carbocycles. The minimum absolute atomic E-state index is 0.137. The van der Waals surface area contributed by atoms with Crippen LogP contribution in [0.1, 0.15) is 15.2 Å². The highest BCUT2D eigenvalue weighted by Gasteiger charge is 2.19. The molecule has 6 nitrogen and oxygen atoms in total. The molecule has 0 atom stereocenters. The van der Waals surface area contributed by atoms with Crippen LogP contribution < -0.4 is 10.2 Å². The number of hydrogen-bond donors (Lipinski definition) is 1. The molecule has 3 aromatic rings. The molecule has 7 heteroatoms. The molecule has 27 heavy (non-hydrogen) atoms. The molecular formula is C20H21N5OS. The van der Waals surface area contributed by atoms with Gasteiger partial charge in [-0.25, -0.2) is 9.97 Å². The number of anilines is 2. The lowest BCUT2D eigenvalue weighted by atomic mass is 10.2. The fourth-order valence-electron chi connectivity index (χ4n) is 3.15. The molecule has 1 aliphatic rings. The number of aromatic nitrogens is 2. The third-order valence-electron chi connectivity index (χ3n) is 4.58. The second-order valence-corrected chi connectivity index (χ2v) is 7.39. The molecule has 1 aromatic carbocycles. The summed E-state index contributed by atoms with van der Waals surface area (Å²) in [5.41, 5.74) is 1.34. The molecule has 1 amide bonds. The summed E-state index contributed by atoms with van der Waals surface area (Å²) in [5, 5.41) is 4.73. The van der Waals surface area contributed by atoms with Crippen molar-refractivity contribution in [3.8, 4) is 0 Å². The van der Waals surface area contributed by atoms with Gasteiger partial charge >= 0.3 is 0 Å². The molecule has 1 saturated heterocycles. The smallest absolute Gasteiger partial charge is 0.266 e. The predicted molar refractivity (Wildman–Crippen MR) is 108 cm³/mol. The number of nitrogens with zero attached hydrogens (tertiary/aromatic N) is 4. The van der Waals surface area contributed by atoms with Gasteiger partial charge in [0.15, 0.2) is 0 Å². The number of thiophene rings is 1. The van der Waals surface area contributed by atoms with Crippen molar-refractivity contribution in [1.29, 1.82) is 0 Å². The standard InChI is InChI=1S/C20H21N5OS/c26-20(17-7-4-12-27-17)23-18-13-19(22-15-21-18)25-10-8-24(9-11-25)14-16-5-2-1-3-6-16/h1-7,12-13,15H,8-11,14H2,(H,21,22,23,26). The van der Waals surface area contributed by atoms with Crippen molar-refractivity contribution in [1.82, 2.24) is 14.9 Å². The van der Waals surface area contributed by atoms with Gasteiger partial charge in [-0.15, -0.1) is 11.3 Å². The lowest BCUT2D eigenvalue weighted by molar-refractivity contribution is 0.103. The highest BCUT2D eigenvalue weighted by molar-refractivity contribution is 7.12. The van der Waals surface area contributed by atoms with Crippen LogP contribution >= 0.6 is 11.3 Å². The van der Waals surface area contributed by atoms with Gasteiger partial charge in [0.25, 0.3) is 5.91 Å². The Morgan fingerprint density at radius 3 is 2.59 bits per heavy atom. The van der Waals surface area contributed by atoms with E-state index in [0.717, 1.165) is 38.5 Å². The first-order valence-corrected chi connectivity index (χ1v) is 9.84. The van der Waals surface area contributed by atoms with Crippen LogP contribution in [0.15, 0.2) is 60.2 Å². The lowest BCUT2D eigenvalue weighted by Gasteiger charge is -2.35. The Morgan fingerprint density at radius 2 is 1.85 bits per heavy atom. The first kappa shape index (κ1) is 17.6. The summed E-state index contributed by atoms with van der Waals surface area (Å²) in [7, 11) is 0. The summed E-state index contributed by atoms with van der Waals surface area (Å²) >= 11 is 1.41. The summed E-state index contributed by atoms with van der Waals surface area (Å²) in [6.07, 6.45) is 1.51. The number of piperazine rings is 1. The van der Waals surface area contributed by atoms with E-state index in [-0.39, 0.29) is 5.91 Å². The molecule has 2 aromatic heterocycles.